The highest BCUT2D eigenvalue weighted by Gasteiger charge is 2.25. The molecule has 1 aliphatic rings. The van der Waals surface area contributed by atoms with Gasteiger partial charge in [-0.2, -0.15) is 0 Å². The van der Waals surface area contributed by atoms with Crippen molar-refractivity contribution in [2.45, 2.75) is 38.3 Å². The number of rotatable bonds is 7. The van der Waals surface area contributed by atoms with Gasteiger partial charge in [0.15, 0.2) is 0 Å². The quantitative estimate of drug-likeness (QED) is 0.843. The summed E-state index contributed by atoms with van der Waals surface area (Å²) in [6.07, 6.45) is 4.40. The molecule has 0 bridgehead atoms. The number of hydrogen-bond donors (Lipinski definition) is 1. The van der Waals surface area contributed by atoms with Gasteiger partial charge in [-0.05, 0) is 48.6 Å². The van der Waals surface area contributed by atoms with Crippen LogP contribution in [-0.2, 0) is 6.54 Å². The molecule has 0 spiro atoms. The molecule has 1 atom stereocenters. The lowest BCUT2D eigenvalue weighted by Gasteiger charge is -2.29. The summed E-state index contributed by atoms with van der Waals surface area (Å²) >= 11 is 0. The molecule has 112 valence electrons. The average molecular weight is 284 g/mol. The van der Waals surface area contributed by atoms with E-state index in [2.05, 4.69) is 36.1 Å². The average Bonchev–Trinajstić information content (AvgIpc) is 3.25. The Balaban J connectivity index is 1.79. The second kappa shape index (κ2) is 6.46. The first-order valence-electron chi connectivity index (χ1n) is 7.88. The molecule has 0 amide bonds. The third-order valence-electron chi connectivity index (χ3n) is 4.35. The van der Waals surface area contributed by atoms with Crippen LogP contribution in [0.25, 0.3) is 0 Å². The highest BCUT2D eigenvalue weighted by Crippen LogP contribution is 2.40. The molecule has 1 aromatic carbocycles. The zero-order chi connectivity index (χ0) is 14.7. The van der Waals surface area contributed by atoms with E-state index in [1.807, 2.05) is 12.1 Å². The van der Waals surface area contributed by atoms with E-state index in [1.165, 1.54) is 24.0 Å². The number of likely N-dealkylation sites (N-methyl/N-ethyl adjacent to an activating group) is 1. The fourth-order valence-corrected chi connectivity index (χ4v) is 2.98. The zero-order valence-electron chi connectivity index (χ0n) is 12.7. The molecule has 1 saturated carbocycles. The van der Waals surface area contributed by atoms with E-state index in [-0.39, 0.29) is 6.04 Å². The van der Waals surface area contributed by atoms with Gasteiger partial charge in [0.05, 0.1) is 12.8 Å². The third-order valence-corrected chi connectivity index (χ3v) is 4.35. The summed E-state index contributed by atoms with van der Waals surface area (Å²) < 4.78 is 5.49. The highest BCUT2D eigenvalue weighted by atomic mass is 16.3. The fourth-order valence-electron chi connectivity index (χ4n) is 2.98. The van der Waals surface area contributed by atoms with Crippen molar-refractivity contribution in [3.8, 4) is 0 Å². The van der Waals surface area contributed by atoms with Gasteiger partial charge in [0.1, 0.15) is 5.76 Å². The molecule has 3 heteroatoms. The van der Waals surface area contributed by atoms with Crippen LogP contribution in [0.5, 0.6) is 0 Å². The second-order valence-electron chi connectivity index (χ2n) is 5.84. The molecule has 0 aliphatic heterocycles. The summed E-state index contributed by atoms with van der Waals surface area (Å²) in [7, 11) is 0. The summed E-state index contributed by atoms with van der Waals surface area (Å²) in [6, 6.07) is 13.2. The molecule has 2 aromatic rings. The third kappa shape index (κ3) is 3.36. The zero-order valence-corrected chi connectivity index (χ0v) is 12.7. The Kier molecular flexibility index (Phi) is 4.42. The number of hydrogen-bond acceptors (Lipinski definition) is 3. The van der Waals surface area contributed by atoms with E-state index >= 15 is 0 Å². The molecule has 1 unspecified atom stereocenters. The molecule has 1 aliphatic carbocycles. The number of nitrogens with zero attached hydrogens (tertiary/aromatic N) is 1. The van der Waals surface area contributed by atoms with Crippen LogP contribution in [0.3, 0.4) is 0 Å². The van der Waals surface area contributed by atoms with Gasteiger partial charge in [-0.1, -0.05) is 31.2 Å². The van der Waals surface area contributed by atoms with Crippen molar-refractivity contribution in [3.05, 3.63) is 59.5 Å². The van der Waals surface area contributed by atoms with Crippen molar-refractivity contribution in [1.82, 2.24) is 4.90 Å². The molecule has 1 aromatic heterocycles. The van der Waals surface area contributed by atoms with Crippen molar-refractivity contribution in [3.63, 3.8) is 0 Å². The van der Waals surface area contributed by atoms with E-state index in [0.29, 0.717) is 6.54 Å². The predicted molar refractivity (Wildman–Crippen MR) is 85.0 cm³/mol. The van der Waals surface area contributed by atoms with Crippen LogP contribution in [0.15, 0.2) is 47.1 Å². The van der Waals surface area contributed by atoms with Gasteiger partial charge in [-0.3, -0.25) is 4.90 Å². The highest BCUT2D eigenvalue weighted by molar-refractivity contribution is 5.31. The Bertz CT molecular complexity index is 560. The molecular formula is C18H24N2O. The van der Waals surface area contributed by atoms with E-state index in [4.69, 9.17) is 10.2 Å². The van der Waals surface area contributed by atoms with Crippen LogP contribution < -0.4 is 5.73 Å². The van der Waals surface area contributed by atoms with Crippen molar-refractivity contribution < 1.29 is 4.42 Å². The SMILES string of the molecule is CCN(Cc1ccco1)C(CN)c1cccc(C2CC2)c1. The maximum Gasteiger partial charge on any atom is 0.117 e. The van der Waals surface area contributed by atoms with Crippen LogP contribution in [0.1, 0.15) is 48.6 Å². The fraction of sp³-hybridized carbons (Fsp3) is 0.444. The first-order valence-corrected chi connectivity index (χ1v) is 7.88. The maximum atomic E-state index is 6.08. The van der Waals surface area contributed by atoms with Crippen molar-refractivity contribution in [2.24, 2.45) is 5.73 Å². The molecule has 3 rings (SSSR count). The Hall–Kier alpha value is -1.58. The summed E-state index contributed by atoms with van der Waals surface area (Å²) in [5.41, 5.74) is 8.88. The Morgan fingerprint density at radius 3 is 2.76 bits per heavy atom. The minimum Gasteiger partial charge on any atom is -0.468 e. The largest absolute Gasteiger partial charge is 0.468 e. The van der Waals surface area contributed by atoms with Crippen LogP contribution >= 0.6 is 0 Å². The molecule has 0 radical (unpaired) electrons. The van der Waals surface area contributed by atoms with Crippen LogP contribution in [0, 0.1) is 0 Å². The Labute approximate surface area is 126 Å². The number of nitrogens with two attached hydrogens (primary N) is 1. The lowest BCUT2D eigenvalue weighted by Crippen LogP contribution is -2.33. The van der Waals surface area contributed by atoms with Crippen LogP contribution in [-0.4, -0.2) is 18.0 Å². The molecule has 1 heterocycles. The summed E-state index contributed by atoms with van der Waals surface area (Å²) in [5, 5.41) is 0. The maximum absolute atomic E-state index is 6.08. The van der Waals surface area contributed by atoms with Crippen molar-refractivity contribution in [1.29, 1.82) is 0 Å². The van der Waals surface area contributed by atoms with Gasteiger partial charge in [0.25, 0.3) is 0 Å². The van der Waals surface area contributed by atoms with E-state index < -0.39 is 0 Å². The standard InChI is InChI=1S/C18H24N2O/c1-2-20(13-17-7-4-10-21-17)18(12-19)16-6-3-5-15(11-16)14-8-9-14/h3-7,10-11,14,18H,2,8-9,12-13,19H2,1H3. The molecule has 2 N–H and O–H groups in total. The van der Waals surface area contributed by atoms with Gasteiger partial charge in [0.2, 0.25) is 0 Å². The van der Waals surface area contributed by atoms with Crippen molar-refractivity contribution in [2.75, 3.05) is 13.1 Å². The Morgan fingerprint density at radius 2 is 2.14 bits per heavy atom. The molecular weight excluding hydrogens is 260 g/mol. The van der Waals surface area contributed by atoms with E-state index in [0.717, 1.165) is 24.8 Å². The van der Waals surface area contributed by atoms with Gasteiger partial charge < -0.3 is 10.2 Å². The topological polar surface area (TPSA) is 42.4 Å². The first kappa shape index (κ1) is 14.4. The van der Waals surface area contributed by atoms with Gasteiger partial charge in [0, 0.05) is 12.6 Å². The smallest absolute Gasteiger partial charge is 0.117 e. The lowest BCUT2D eigenvalue weighted by atomic mass is 10.0. The Morgan fingerprint density at radius 1 is 1.29 bits per heavy atom. The normalized spacial score (nSPS) is 16.3. The van der Waals surface area contributed by atoms with Gasteiger partial charge >= 0.3 is 0 Å². The summed E-state index contributed by atoms with van der Waals surface area (Å²) in [4.78, 5) is 2.38. The van der Waals surface area contributed by atoms with E-state index in [1.54, 1.807) is 6.26 Å². The molecule has 0 saturated heterocycles. The monoisotopic (exact) mass is 284 g/mol. The minimum atomic E-state index is 0.249. The molecule has 21 heavy (non-hydrogen) atoms. The summed E-state index contributed by atoms with van der Waals surface area (Å²) in [5.74, 6) is 1.78. The molecule has 3 nitrogen and oxygen atoms in total. The van der Waals surface area contributed by atoms with Crippen LogP contribution in [0.2, 0.25) is 0 Å². The van der Waals surface area contributed by atoms with E-state index in [9.17, 15) is 0 Å². The first-order chi connectivity index (χ1) is 10.3. The van der Waals surface area contributed by atoms with Crippen LogP contribution in [0.4, 0.5) is 0 Å². The predicted octanol–water partition coefficient (Wildman–Crippen LogP) is 3.68. The number of benzene rings is 1. The van der Waals surface area contributed by atoms with Gasteiger partial charge in [-0.25, -0.2) is 0 Å². The van der Waals surface area contributed by atoms with Crippen molar-refractivity contribution >= 4 is 0 Å². The summed E-state index contributed by atoms with van der Waals surface area (Å²) in [6.45, 7) is 4.56. The minimum absolute atomic E-state index is 0.249. The second-order valence-corrected chi connectivity index (χ2v) is 5.84. The lowest BCUT2D eigenvalue weighted by molar-refractivity contribution is 0.188. The molecule has 1 fully saturated rings. The van der Waals surface area contributed by atoms with Gasteiger partial charge in [-0.15, -0.1) is 0 Å². The number of furan rings is 1.